The standard InChI is InChI=1S/C14H18N2.C2H2O4/c1-2-6-14-13(5-1)12(11-15-14)7-10-16-8-3-4-9-16;3-1(4)2(5)6/h1-2,5-6,11,15H,3-4,7-10H2;(H,3,4)(H,5,6). The molecular formula is C16H20N2O4. The molecule has 1 aromatic carbocycles. The van der Waals surface area contributed by atoms with Gasteiger partial charge < -0.3 is 20.1 Å². The first-order chi connectivity index (χ1) is 10.6. The number of aliphatic carboxylic acids is 2. The Labute approximate surface area is 128 Å². The van der Waals surface area contributed by atoms with Crippen molar-refractivity contribution in [3.05, 3.63) is 36.0 Å². The molecule has 1 fully saturated rings. The highest BCUT2D eigenvalue weighted by Crippen LogP contribution is 2.19. The fourth-order valence-corrected chi connectivity index (χ4v) is 2.62. The normalized spacial score (nSPS) is 14.5. The summed E-state index contributed by atoms with van der Waals surface area (Å²) in [5, 5.41) is 16.2. The van der Waals surface area contributed by atoms with Gasteiger partial charge in [0.05, 0.1) is 0 Å². The summed E-state index contributed by atoms with van der Waals surface area (Å²) in [6.45, 7) is 3.80. The van der Waals surface area contributed by atoms with Crippen LogP contribution in [0.3, 0.4) is 0 Å². The maximum Gasteiger partial charge on any atom is 0.414 e. The highest BCUT2D eigenvalue weighted by atomic mass is 16.4. The van der Waals surface area contributed by atoms with E-state index in [0.29, 0.717) is 0 Å². The fourth-order valence-electron chi connectivity index (χ4n) is 2.62. The van der Waals surface area contributed by atoms with Crippen molar-refractivity contribution < 1.29 is 19.8 Å². The number of aromatic amines is 1. The lowest BCUT2D eigenvalue weighted by atomic mass is 10.1. The number of hydrogen-bond donors (Lipinski definition) is 3. The molecule has 118 valence electrons. The van der Waals surface area contributed by atoms with Crippen LogP contribution in [0, 0.1) is 0 Å². The van der Waals surface area contributed by atoms with Gasteiger partial charge in [-0.15, -0.1) is 0 Å². The van der Waals surface area contributed by atoms with E-state index in [2.05, 4.69) is 40.3 Å². The Bertz CT molecular complexity index is 632. The van der Waals surface area contributed by atoms with Crippen LogP contribution in [0.4, 0.5) is 0 Å². The van der Waals surface area contributed by atoms with Crippen molar-refractivity contribution in [3.63, 3.8) is 0 Å². The van der Waals surface area contributed by atoms with E-state index in [0.717, 1.165) is 0 Å². The number of aromatic nitrogens is 1. The lowest BCUT2D eigenvalue weighted by molar-refractivity contribution is -0.159. The molecule has 1 saturated heterocycles. The first-order valence-corrected chi connectivity index (χ1v) is 7.31. The van der Waals surface area contributed by atoms with Gasteiger partial charge in [0.2, 0.25) is 0 Å². The van der Waals surface area contributed by atoms with Crippen LogP contribution >= 0.6 is 0 Å². The van der Waals surface area contributed by atoms with E-state index >= 15 is 0 Å². The smallest absolute Gasteiger partial charge is 0.414 e. The fraction of sp³-hybridized carbons (Fsp3) is 0.375. The van der Waals surface area contributed by atoms with Gasteiger partial charge in [-0.25, -0.2) is 9.59 Å². The minimum Gasteiger partial charge on any atom is -0.473 e. The highest BCUT2D eigenvalue weighted by Gasteiger charge is 2.11. The van der Waals surface area contributed by atoms with Crippen LogP contribution in [0.25, 0.3) is 10.9 Å². The number of para-hydroxylation sites is 1. The Morgan fingerprint density at radius 2 is 1.73 bits per heavy atom. The van der Waals surface area contributed by atoms with Crippen molar-refractivity contribution in [1.29, 1.82) is 0 Å². The van der Waals surface area contributed by atoms with Crippen LogP contribution in [0.5, 0.6) is 0 Å². The number of nitrogens with one attached hydrogen (secondary N) is 1. The average molecular weight is 304 g/mol. The van der Waals surface area contributed by atoms with Crippen molar-refractivity contribution in [2.45, 2.75) is 19.3 Å². The molecule has 0 saturated carbocycles. The van der Waals surface area contributed by atoms with Gasteiger partial charge in [-0.3, -0.25) is 0 Å². The van der Waals surface area contributed by atoms with Crippen LogP contribution in [-0.2, 0) is 16.0 Å². The predicted molar refractivity (Wildman–Crippen MR) is 82.9 cm³/mol. The summed E-state index contributed by atoms with van der Waals surface area (Å²) in [7, 11) is 0. The number of H-pyrrole nitrogens is 1. The topological polar surface area (TPSA) is 93.6 Å². The number of carboxylic acids is 2. The zero-order chi connectivity index (χ0) is 15.9. The van der Waals surface area contributed by atoms with Gasteiger partial charge in [-0.1, -0.05) is 18.2 Å². The molecule has 0 amide bonds. The van der Waals surface area contributed by atoms with Crippen molar-refractivity contribution in [2.24, 2.45) is 0 Å². The van der Waals surface area contributed by atoms with E-state index in [9.17, 15) is 0 Å². The summed E-state index contributed by atoms with van der Waals surface area (Å²) >= 11 is 0. The molecule has 0 bridgehead atoms. The van der Waals surface area contributed by atoms with Gasteiger partial charge in [-0.2, -0.15) is 0 Å². The average Bonchev–Trinajstić information content (AvgIpc) is 3.15. The van der Waals surface area contributed by atoms with Crippen LogP contribution < -0.4 is 0 Å². The molecular weight excluding hydrogens is 284 g/mol. The number of benzene rings is 1. The number of hydrogen-bond acceptors (Lipinski definition) is 3. The molecule has 3 rings (SSSR count). The van der Waals surface area contributed by atoms with Gasteiger partial charge in [-0.05, 0) is 44.0 Å². The van der Waals surface area contributed by atoms with Gasteiger partial charge in [0.25, 0.3) is 0 Å². The summed E-state index contributed by atoms with van der Waals surface area (Å²) < 4.78 is 0. The lowest BCUT2D eigenvalue weighted by Gasteiger charge is -2.13. The Morgan fingerprint density at radius 3 is 2.36 bits per heavy atom. The molecule has 22 heavy (non-hydrogen) atoms. The summed E-state index contributed by atoms with van der Waals surface area (Å²) in [6, 6.07) is 8.57. The van der Waals surface area contributed by atoms with E-state index in [1.54, 1.807) is 0 Å². The summed E-state index contributed by atoms with van der Waals surface area (Å²) in [5.41, 5.74) is 2.72. The van der Waals surface area contributed by atoms with Crippen molar-refractivity contribution >= 4 is 22.8 Å². The Kier molecular flexibility index (Phi) is 5.55. The minimum atomic E-state index is -1.82. The molecule has 6 nitrogen and oxygen atoms in total. The van der Waals surface area contributed by atoms with Crippen molar-refractivity contribution in [1.82, 2.24) is 9.88 Å². The number of rotatable bonds is 3. The minimum absolute atomic E-state index is 1.17. The molecule has 1 aliphatic heterocycles. The third-order valence-electron chi connectivity index (χ3n) is 3.75. The van der Waals surface area contributed by atoms with Gasteiger partial charge in [0, 0.05) is 23.6 Å². The Balaban J connectivity index is 0.000000254. The van der Waals surface area contributed by atoms with Crippen LogP contribution in [-0.4, -0.2) is 51.7 Å². The van der Waals surface area contributed by atoms with Crippen molar-refractivity contribution in [3.8, 4) is 0 Å². The quantitative estimate of drug-likeness (QED) is 0.754. The van der Waals surface area contributed by atoms with E-state index in [1.807, 2.05) is 0 Å². The number of likely N-dealkylation sites (tertiary alicyclic amines) is 1. The second kappa shape index (κ2) is 7.61. The van der Waals surface area contributed by atoms with Crippen molar-refractivity contribution in [2.75, 3.05) is 19.6 Å². The predicted octanol–water partition coefficient (Wildman–Crippen LogP) is 1.96. The Morgan fingerprint density at radius 1 is 1.09 bits per heavy atom. The first kappa shape index (κ1) is 16.0. The molecule has 2 aromatic rings. The first-order valence-electron chi connectivity index (χ1n) is 7.31. The number of carboxylic acid groups (broad SMARTS) is 2. The highest BCUT2D eigenvalue weighted by molar-refractivity contribution is 6.27. The van der Waals surface area contributed by atoms with E-state index in [4.69, 9.17) is 19.8 Å². The molecule has 1 aliphatic rings. The van der Waals surface area contributed by atoms with E-state index in [-0.39, 0.29) is 0 Å². The molecule has 0 unspecified atom stereocenters. The van der Waals surface area contributed by atoms with E-state index < -0.39 is 11.9 Å². The third-order valence-corrected chi connectivity index (χ3v) is 3.75. The second-order valence-electron chi connectivity index (χ2n) is 5.27. The summed E-state index contributed by atoms with van der Waals surface area (Å²) in [5.74, 6) is -3.65. The maximum absolute atomic E-state index is 9.10. The Hall–Kier alpha value is -2.34. The van der Waals surface area contributed by atoms with Crippen LogP contribution in [0.2, 0.25) is 0 Å². The molecule has 0 aliphatic carbocycles. The van der Waals surface area contributed by atoms with Gasteiger partial charge >= 0.3 is 11.9 Å². The molecule has 1 aromatic heterocycles. The number of nitrogens with zero attached hydrogens (tertiary/aromatic N) is 1. The number of carbonyl (C=O) groups is 2. The zero-order valence-electron chi connectivity index (χ0n) is 12.3. The molecule has 0 radical (unpaired) electrons. The SMILES string of the molecule is O=C(O)C(=O)O.c1ccc2c(CCN3CCCC3)c[nH]c2c1. The lowest BCUT2D eigenvalue weighted by Crippen LogP contribution is -2.21. The monoisotopic (exact) mass is 304 g/mol. The molecule has 0 spiro atoms. The number of fused-ring (bicyclic) bond motifs is 1. The van der Waals surface area contributed by atoms with E-state index in [1.165, 1.54) is 55.4 Å². The zero-order valence-corrected chi connectivity index (χ0v) is 12.3. The molecule has 6 heteroatoms. The maximum atomic E-state index is 9.10. The van der Waals surface area contributed by atoms with Gasteiger partial charge in [0.1, 0.15) is 0 Å². The largest absolute Gasteiger partial charge is 0.473 e. The van der Waals surface area contributed by atoms with Gasteiger partial charge in [0.15, 0.2) is 0 Å². The molecule has 0 atom stereocenters. The summed E-state index contributed by atoms with van der Waals surface area (Å²) in [6.07, 6.45) is 6.10. The summed E-state index contributed by atoms with van der Waals surface area (Å²) in [4.78, 5) is 24.1. The third kappa shape index (κ3) is 4.33. The molecule has 3 N–H and O–H groups in total. The van der Waals surface area contributed by atoms with Crippen LogP contribution in [0.1, 0.15) is 18.4 Å². The van der Waals surface area contributed by atoms with Crippen LogP contribution in [0.15, 0.2) is 30.5 Å². The molecule has 2 heterocycles. The second-order valence-corrected chi connectivity index (χ2v) is 5.27.